The molecule has 0 amide bonds. The van der Waals surface area contributed by atoms with Crippen molar-refractivity contribution in [2.45, 2.75) is 67.3 Å². The van der Waals surface area contributed by atoms with Crippen LogP contribution in [0.5, 0.6) is 0 Å². The highest BCUT2D eigenvalue weighted by atomic mass is 15.1. The summed E-state index contributed by atoms with van der Waals surface area (Å²) in [6.45, 7) is 18.8. The summed E-state index contributed by atoms with van der Waals surface area (Å²) in [6, 6.07) is 0.715. The van der Waals surface area contributed by atoms with E-state index >= 15 is 0 Å². The summed E-state index contributed by atoms with van der Waals surface area (Å²) in [4.78, 5) is 2.65. The summed E-state index contributed by atoms with van der Waals surface area (Å²) < 4.78 is 0. The van der Waals surface area contributed by atoms with Gasteiger partial charge >= 0.3 is 0 Å². The van der Waals surface area contributed by atoms with Gasteiger partial charge in [-0.3, -0.25) is 0 Å². The minimum absolute atomic E-state index is 0.461. The van der Waals surface area contributed by atoms with Crippen LogP contribution in [-0.4, -0.2) is 24.0 Å². The van der Waals surface area contributed by atoms with E-state index in [-0.39, 0.29) is 0 Å². The summed E-state index contributed by atoms with van der Waals surface area (Å²) in [7, 11) is 0. The first kappa shape index (κ1) is 15.0. The molecule has 1 unspecified atom stereocenters. The molecule has 15 heavy (non-hydrogen) atoms. The van der Waals surface area contributed by atoms with Gasteiger partial charge in [-0.25, -0.2) is 0 Å². The quantitative estimate of drug-likeness (QED) is 0.640. The van der Waals surface area contributed by atoms with E-state index in [0.717, 1.165) is 5.92 Å². The van der Waals surface area contributed by atoms with Crippen molar-refractivity contribution in [3.8, 4) is 0 Å². The molecular formula is C14H31N. The second-order valence-electron chi connectivity index (χ2n) is 6.33. The molecule has 0 saturated heterocycles. The van der Waals surface area contributed by atoms with E-state index in [1.165, 1.54) is 25.9 Å². The van der Waals surface area contributed by atoms with Crippen molar-refractivity contribution in [2.24, 2.45) is 11.3 Å². The summed E-state index contributed by atoms with van der Waals surface area (Å²) in [6.07, 6.45) is 2.56. The van der Waals surface area contributed by atoms with Crippen molar-refractivity contribution >= 4 is 0 Å². The molecule has 92 valence electrons. The fraction of sp³-hybridized carbons (Fsp3) is 1.00. The summed E-state index contributed by atoms with van der Waals surface area (Å²) in [5.74, 6) is 0.761. The van der Waals surface area contributed by atoms with Crippen molar-refractivity contribution in [1.29, 1.82) is 0 Å². The van der Waals surface area contributed by atoms with E-state index in [1.807, 2.05) is 0 Å². The Balaban J connectivity index is 4.15. The van der Waals surface area contributed by atoms with Crippen LogP contribution in [0.4, 0.5) is 0 Å². The molecule has 1 heteroatoms. The van der Waals surface area contributed by atoms with Crippen molar-refractivity contribution in [2.75, 3.05) is 13.1 Å². The molecule has 1 atom stereocenters. The highest BCUT2D eigenvalue weighted by Crippen LogP contribution is 2.21. The lowest BCUT2D eigenvalue weighted by molar-refractivity contribution is 0.147. The van der Waals surface area contributed by atoms with Crippen LogP contribution in [0.15, 0.2) is 0 Å². The maximum atomic E-state index is 2.65. The Bertz CT molecular complexity index is 155. The standard InChI is InChI=1S/C14H31N/c1-8-10-15(13(4)12(2)3)11-9-14(5,6)7/h12-13H,8-11H2,1-7H3. The van der Waals surface area contributed by atoms with E-state index in [9.17, 15) is 0 Å². The monoisotopic (exact) mass is 213 g/mol. The van der Waals surface area contributed by atoms with Crippen LogP contribution in [0.25, 0.3) is 0 Å². The molecular weight excluding hydrogens is 182 g/mol. The summed E-state index contributed by atoms with van der Waals surface area (Å²) in [5.41, 5.74) is 0.461. The zero-order valence-corrected chi connectivity index (χ0v) is 11.9. The van der Waals surface area contributed by atoms with Crippen LogP contribution in [0.3, 0.4) is 0 Å². The molecule has 0 radical (unpaired) electrons. The zero-order chi connectivity index (χ0) is 12.1. The summed E-state index contributed by atoms with van der Waals surface area (Å²) >= 11 is 0. The SMILES string of the molecule is CCCN(CCC(C)(C)C)C(C)C(C)C. The van der Waals surface area contributed by atoms with Crippen LogP contribution >= 0.6 is 0 Å². The van der Waals surface area contributed by atoms with E-state index in [0.29, 0.717) is 11.5 Å². The largest absolute Gasteiger partial charge is 0.300 e. The second-order valence-corrected chi connectivity index (χ2v) is 6.33. The van der Waals surface area contributed by atoms with Gasteiger partial charge in [-0.05, 0) is 44.2 Å². The lowest BCUT2D eigenvalue weighted by Crippen LogP contribution is -2.39. The van der Waals surface area contributed by atoms with Gasteiger partial charge < -0.3 is 4.90 Å². The predicted molar refractivity (Wildman–Crippen MR) is 70.2 cm³/mol. The number of hydrogen-bond donors (Lipinski definition) is 0. The maximum Gasteiger partial charge on any atom is 0.00899 e. The first-order valence-corrected chi connectivity index (χ1v) is 6.52. The van der Waals surface area contributed by atoms with Crippen LogP contribution in [0, 0.1) is 11.3 Å². The molecule has 0 heterocycles. The molecule has 0 aromatic heterocycles. The molecule has 0 aliphatic carbocycles. The number of nitrogens with zero attached hydrogens (tertiary/aromatic N) is 1. The Labute approximate surface area is 97.2 Å². The maximum absolute atomic E-state index is 2.65. The highest BCUT2D eigenvalue weighted by Gasteiger charge is 2.18. The lowest BCUT2D eigenvalue weighted by atomic mass is 9.91. The molecule has 0 N–H and O–H groups in total. The van der Waals surface area contributed by atoms with Gasteiger partial charge in [0.25, 0.3) is 0 Å². The first-order chi connectivity index (χ1) is 6.78. The van der Waals surface area contributed by atoms with E-state index in [2.05, 4.69) is 53.4 Å². The Morgan fingerprint density at radius 2 is 1.53 bits per heavy atom. The van der Waals surface area contributed by atoms with Crippen LogP contribution in [0.1, 0.15) is 61.3 Å². The minimum atomic E-state index is 0.461. The topological polar surface area (TPSA) is 3.24 Å². The molecule has 0 fully saturated rings. The van der Waals surface area contributed by atoms with Gasteiger partial charge in [-0.2, -0.15) is 0 Å². The Morgan fingerprint density at radius 1 is 1.00 bits per heavy atom. The molecule has 0 rings (SSSR count). The van der Waals surface area contributed by atoms with Crippen LogP contribution in [-0.2, 0) is 0 Å². The first-order valence-electron chi connectivity index (χ1n) is 6.52. The van der Waals surface area contributed by atoms with Crippen molar-refractivity contribution in [1.82, 2.24) is 4.90 Å². The lowest BCUT2D eigenvalue weighted by Gasteiger charge is -2.33. The third kappa shape index (κ3) is 6.94. The highest BCUT2D eigenvalue weighted by molar-refractivity contribution is 4.73. The third-order valence-electron chi connectivity index (χ3n) is 3.20. The predicted octanol–water partition coefficient (Wildman–Crippen LogP) is 4.18. The van der Waals surface area contributed by atoms with Crippen molar-refractivity contribution in [3.63, 3.8) is 0 Å². The fourth-order valence-corrected chi connectivity index (χ4v) is 1.71. The Hall–Kier alpha value is -0.0400. The van der Waals surface area contributed by atoms with Crippen molar-refractivity contribution in [3.05, 3.63) is 0 Å². The normalized spacial score (nSPS) is 15.0. The number of hydrogen-bond acceptors (Lipinski definition) is 1. The molecule has 0 bridgehead atoms. The van der Waals surface area contributed by atoms with E-state index in [1.54, 1.807) is 0 Å². The van der Waals surface area contributed by atoms with Gasteiger partial charge in [-0.1, -0.05) is 41.5 Å². The van der Waals surface area contributed by atoms with Crippen LogP contribution in [0.2, 0.25) is 0 Å². The average Bonchev–Trinajstić information content (AvgIpc) is 2.09. The van der Waals surface area contributed by atoms with Gasteiger partial charge in [0.05, 0.1) is 0 Å². The van der Waals surface area contributed by atoms with E-state index < -0.39 is 0 Å². The van der Waals surface area contributed by atoms with E-state index in [4.69, 9.17) is 0 Å². The van der Waals surface area contributed by atoms with Gasteiger partial charge in [-0.15, -0.1) is 0 Å². The summed E-state index contributed by atoms with van der Waals surface area (Å²) in [5, 5.41) is 0. The molecule has 0 saturated carbocycles. The van der Waals surface area contributed by atoms with Crippen LogP contribution < -0.4 is 0 Å². The zero-order valence-electron chi connectivity index (χ0n) is 11.9. The van der Waals surface area contributed by atoms with Gasteiger partial charge in [0.2, 0.25) is 0 Å². The van der Waals surface area contributed by atoms with Gasteiger partial charge in [0.1, 0.15) is 0 Å². The molecule has 0 aliphatic rings. The van der Waals surface area contributed by atoms with Crippen molar-refractivity contribution < 1.29 is 0 Å². The second kappa shape index (κ2) is 6.52. The van der Waals surface area contributed by atoms with Gasteiger partial charge in [0.15, 0.2) is 0 Å². The minimum Gasteiger partial charge on any atom is -0.300 e. The fourth-order valence-electron chi connectivity index (χ4n) is 1.71. The molecule has 1 nitrogen and oxygen atoms in total. The smallest absolute Gasteiger partial charge is 0.00899 e. The molecule has 0 aliphatic heterocycles. The molecule has 0 aromatic rings. The molecule has 0 spiro atoms. The van der Waals surface area contributed by atoms with Gasteiger partial charge in [0, 0.05) is 6.04 Å². The number of rotatable bonds is 6. The third-order valence-corrected chi connectivity index (χ3v) is 3.20. The average molecular weight is 213 g/mol. The Morgan fingerprint density at radius 3 is 1.87 bits per heavy atom. The molecule has 0 aromatic carbocycles. The Kier molecular flexibility index (Phi) is 6.51.